The van der Waals surface area contributed by atoms with Gasteiger partial charge in [-0.25, -0.2) is 4.79 Å². The highest BCUT2D eigenvalue weighted by atomic mass is 16.4. The number of nitrogens with one attached hydrogen (secondary N) is 1. The first-order valence-electron chi connectivity index (χ1n) is 5.81. The minimum atomic E-state index is -0.905. The molecule has 0 saturated carbocycles. The number of aromatic carboxylic acids is 1. The molecule has 2 N–H and O–H groups in total. The quantitative estimate of drug-likeness (QED) is 0.813. The van der Waals surface area contributed by atoms with E-state index in [0.717, 1.165) is 18.4 Å². The van der Waals surface area contributed by atoms with Gasteiger partial charge in [0.25, 0.3) is 0 Å². The van der Waals surface area contributed by atoms with Gasteiger partial charge in [-0.15, -0.1) is 0 Å². The molecule has 0 atom stereocenters. The summed E-state index contributed by atoms with van der Waals surface area (Å²) in [6.07, 6.45) is 3.99. The third-order valence-corrected chi connectivity index (χ3v) is 2.61. The molecule has 92 valence electrons. The molecule has 1 rings (SSSR count). The van der Waals surface area contributed by atoms with E-state index >= 15 is 0 Å². The number of aryl methyl sites for hydroxylation is 1. The fourth-order valence-corrected chi connectivity index (χ4v) is 1.70. The molecule has 0 aliphatic heterocycles. The van der Waals surface area contributed by atoms with Crippen LogP contribution in [0.1, 0.15) is 42.6 Å². The lowest BCUT2D eigenvalue weighted by Crippen LogP contribution is -2.04. The molecule has 1 aromatic rings. The molecule has 0 heterocycles. The standard InChI is InChI=1S/C14H19NO2/c1-4-6-10(2)9-15-13-11(3)7-5-8-12(13)14(16)17/h5,7-9,15H,4,6H2,1-3H3,(H,16,17). The first-order chi connectivity index (χ1) is 8.06. The minimum Gasteiger partial charge on any atom is -0.478 e. The van der Waals surface area contributed by atoms with Gasteiger partial charge in [0.05, 0.1) is 11.3 Å². The van der Waals surface area contributed by atoms with E-state index < -0.39 is 5.97 Å². The summed E-state index contributed by atoms with van der Waals surface area (Å²) in [6, 6.07) is 5.27. The Balaban J connectivity index is 2.97. The predicted octanol–water partition coefficient (Wildman–Crippen LogP) is 3.81. The number of carboxylic acid groups (broad SMARTS) is 1. The van der Waals surface area contributed by atoms with E-state index in [0.29, 0.717) is 11.3 Å². The maximum absolute atomic E-state index is 11.1. The van der Waals surface area contributed by atoms with Gasteiger partial charge in [-0.2, -0.15) is 0 Å². The highest BCUT2D eigenvalue weighted by molar-refractivity contribution is 5.95. The van der Waals surface area contributed by atoms with Gasteiger partial charge in [0, 0.05) is 0 Å². The Bertz CT molecular complexity index is 436. The van der Waals surface area contributed by atoms with Crippen molar-refractivity contribution in [2.24, 2.45) is 0 Å². The number of anilines is 1. The van der Waals surface area contributed by atoms with E-state index in [1.807, 2.05) is 26.1 Å². The number of benzene rings is 1. The summed E-state index contributed by atoms with van der Waals surface area (Å²) >= 11 is 0. The molecule has 0 amide bonds. The van der Waals surface area contributed by atoms with Crippen LogP contribution in [0.4, 0.5) is 5.69 Å². The minimum absolute atomic E-state index is 0.311. The number of hydrogen-bond donors (Lipinski definition) is 2. The monoisotopic (exact) mass is 233 g/mol. The van der Waals surface area contributed by atoms with Crippen molar-refractivity contribution in [1.29, 1.82) is 0 Å². The first kappa shape index (κ1) is 13.3. The van der Waals surface area contributed by atoms with Crippen molar-refractivity contribution in [3.63, 3.8) is 0 Å². The van der Waals surface area contributed by atoms with Crippen molar-refractivity contribution in [1.82, 2.24) is 0 Å². The first-order valence-corrected chi connectivity index (χ1v) is 5.81. The lowest BCUT2D eigenvalue weighted by molar-refractivity contribution is 0.0698. The molecule has 0 bridgehead atoms. The van der Waals surface area contributed by atoms with Gasteiger partial charge in [0.15, 0.2) is 0 Å². The third-order valence-electron chi connectivity index (χ3n) is 2.61. The summed E-state index contributed by atoms with van der Waals surface area (Å²) in [6.45, 7) is 6.06. The van der Waals surface area contributed by atoms with Crippen LogP contribution in [-0.4, -0.2) is 11.1 Å². The zero-order valence-electron chi connectivity index (χ0n) is 10.6. The molecule has 0 unspecified atom stereocenters. The zero-order chi connectivity index (χ0) is 12.8. The Labute approximate surface area is 102 Å². The molecular weight excluding hydrogens is 214 g/mol. The van der Waals surface area contributed by atoms with Crippen molar-refractivity contribution in [2.75, 3.05) is 5.32 Å². The number of carboxylic acids is 1. The van der Waals surface area contributed by atoms with Crippen LogP contribution in [0.3, 0.4) is 0 Å². The molecule has 0 aliphatic rings. The number of rotatable bonds is 5. The van der Waals surface area contributed by atoms with Crippen LogP contribution >= 0.6 is 0 Å². The highest BCUT2D eigenvalue weighted by Gasteiger charge is 2.10. The predicted molar refractivity (Wildman–Crippen MR) is 70.4 cm³/mol. The number of carbonyl (C=O) groups is 1. The van der Waals surface area contributed by atoms with Crippen LogP contribution in [-0.2, 0) is 0 Å². The summed E-state index contributed by atoms with van der Waals surface area (Å²) in [5.41, 5.74) is 3.14. The van der Waals surface area contributed by atoms with Gasteiger partial charge in [-0.3, -0.25) is 0 Å². The van der Waals surface area contributed by atoms with Crippen LogP contribution in [0.5, 0.6) is 0 Å². The Kier molecular flexibility index (Phi) is 4.76. The van der Waals surface area contributed by atoms with Crippen molar-refractivity contribution < 1.29 is 9.90 Å². The molecule has 0 aliphatic carbocycles. The molecule has 3 nitrogen and oxygen atoms in total. The second-order valence-electron chi connectivity index (χ2n) is 4.19. The molecule has 17 heavy (non-hydrogen) atoms. The normalized spacial score (nSPS) is 11.4. The Morgan fingerprint density at radius 2 is 2.18 bits per heavy atom. The van der Waals surface area contributed by atoms with Gasteiger partial charge < -0.3 is 10.4 Å². The molecule has 0 spiro atoms. The Morgan fingerprint density at radius 3 is 2.76 bits per heavy atom. The van der Waals surface area contributed by atoms with Crippen LogP contribution in [0.2, 0.25) is 0 Å². The van der Waals surface area contributed by atoms with Crippen LogP contribution in [0.15, 0.2) is 30.0 Å². The number of allylic oxidation sites excluding steroid dienone is 1. The number of para-hydroxylation sites is 1. The SMILES string of the molecule is CCCC(C)=CNc1c(C)cccc1C(=O)O. The van der Waals surface area contributed by atoms with Gasteiger partial charge in [-0.05, 0) is 38.1 Å². The Hall–Kier alpha value is -1.77. The molecule has 0 saturated heterocycles. The third kappa shape index (κ3) is 3.63. The summed E-state index contributed by atoms with van der Waals surface area (Å²) in [5, 5.41) is 12.2. The topological polar surface area (TPSA) is 49.3 Å². The van der Waals surface area contributed by atoms with E-state index in [-0.39, 0.29) is 0 Å². The van der Waals surface area contributed by atoms with E-state index in [4.69, 9.17) is 5.11 Å². The summed E-state index contributed by atoms with van der Waals surface area (Å²) < 4.78 is 0. The average Bonchev–Trinajstić information content (AvgIpc) is 2.27. The smallest absolute Gasteiger partial charge is 0.337 e. The van der Waals surface area contributed by atoms with Gasteiger partial charge in [-0.1, -0.05) is 31.1 Å². The van der Waals surface area contributed by atoms with Crippen molar-refractivity contribution in [2.45, 2.75) is 33.6 Å². The fraction of sp³-hybridized carbons (Fsp3) is 0.357. The maximum Gasteiger partial charge on any atom is 0.337 e. The van der Waals surface area contributed by atoms with E-state index in [1.54, 1.807) is 12.1 Å². The van der Waals surface area contributed by atoms with E-state index in [9.17, 15) is 4.79 Å². The summed E-state index contributed by atoms with van der Waals surface area (Å²) in [7, 11) is 0. The van der Waals surface area contributed by atoms with Gasteiger partial charge >= 0.3 is 5.97 Å². The maximum atomic E-state index is 11.1. The van der Waals surface area contributed by atoms with Crippen molar-refractivity contribution >= 4 is 11.7 Å². The zero-order valence-corrected chi connectivity index (χ0v) is 10.6. The molecule has 0 radical (unpaired) electrons. The average molecular weight is 233 g/mol. The lowest BCUT2D eigenvalue weighted by atomic mass is 10.1. The van der Waals surface area contributed by atoms with Crippen LogP contribution in [0, 0.1) is 6.92 Å². The molecule has 1 aromatic carbocycles. The van der Waals surface area contributed by atoms with Gasteiger partial charge in [0.2, 0.25) is 0 Å². The molecule has 0 fully saturated rings. The summed E-state index contributed by atoms with van der Waals surface area (Å²) in [4.78, 5) is 11.1. The lowest BCUT2D eigenvalue weighted by Gasteiger charge is -2.10. The second kappa shape index (κ2) is 6.09. The van der Waals surface area contributed by atoms with E-state index in [1.165, 1.54) is 5.57 Å². The molecule has 3 heteroatoms. The van der Waals surface area contributed by atoms with E-state index in [2.05, 4.69) is 12.2 Å². The largest absolute Gasteiger partial charge is 0.478 e. The van der Waals surface area contributed by atoms with Crippen LogP contribution < -0.4 is 5.32 Å². The number of hydrogen-bond acceptors (Lipinski definition) is 2. The van der Waals surface area contributed by atoms with Crippen molar-refractivity contribution in [3.8, 4) is 0 Å². The molecular formula is C14H19NO2. The Morgan fingerprint density at radius 1 is 1.47 bits per heavy atom. The van der Waals surface area contributed by atoms with Gasteiger partial charge in [0.1, 0.15) is 0 Å². The second-order valence-corrected chi connectivity index (χ2v) is 4.19. The highest BCUT2D eigenvalue weighted by Crippen LogP contribution is 2.21. The summed E-state index contributed by atoms with van der Waals surface area (Å²) in [5.74, 6) is -0.905. The fourth-order valence-electron chi connectivity index (χ4n) is 1.70. The molecule has 0 aromatic heterocycles. The van der Waals surface area contributed by atoms with Crippen LogP contribution in [0.25, 0.3) is 0 Å². The van der Waals surface area contributed by atoms with Crippen molar-refractivity contribution in [3.05, 3.63) is 41.1 Å².